The molecule has 0 saturated heterocycles. The SMILES string of the molecule is CNC(=O)c1ccc(Nc2nc(N)n(C(=O)Nc3ccc(C4=CN(C(=O)OC(C)(C)C)CCC4)cc3)n2)cc1. The van der Waals surface area contributed by atoms with E-state index >= 15 is 0 Å². The highest BCUT2D eigenvalue weighted by molar-refractivity contribution is 5.94. The monoisotopic (exact) mass is 532 g/mol. The maximum absolute atomic E-state index is 12.8. The number of ether oxygens (including phenoxy) is 1. The second kappa shape index (κ2) is 11.3. The molecule has 0 saturated carbocycles. The Morgan fingerprint density at radius 3 is 2.31 bits per heavy atom. The standard InChI is InChI=1S/C27H32N8O4/c1-27(2,3)39-26(38)34-15-5-6-19(16-34)17-7-11-21(12-8-17)31-25(37)35-23(28)32-24(33-35)30-20-13-9-18(10-14-20)22(36)29-4/h7-14,16H,5-6,15H2,1-4H3,(H,29,36)(H,31,37)(H3,28,30,32,33). The summed E-state index contributed by atoms with van der Waals surface area (Å²) < 4.78 is 6.44. The fourth-order valence-electron chi connectivity index (χ4n) is 3.89. The van der Waals surface area contributed by atoms with E-state index in [1.54, 1.807) is 48.3 Å². The number of nitrogen functional groups attached to an aromatic ring is 1. The number of amides is 3. The molecule has 12 nitrogen and oxygen atoms in total. The van der Waals surface area contributed by atoms with Gasteiger partial charge in [-0.2, -0.15) is 4.98 Å². The predicted octanol–water partition coefficient (Wildman–Crippen LogP) is 4.42. The van der Waals surface area contributed by atoms with Gasteiger partial charge in [0.25, 0.3) is 5.91 Å². The van der Waals surface area contributed by atoms with Crippen LogP contribution in [-0.4, -0.2) is 56.9 Å². The molecule has 0 bridgehead atoms. The zero-order chi connectivity index (χ0) is 28.2. The van der Waals surface area contributed by atoms with Crippen molar-refractivity contribution in [1.82, 2.24) is 25.0 Å². The van der Waals surface area contributed by atoms with Gasteiger partial charge in [0.15, 0.2) is 0 Å². The Bertz CT molecular complexity index is 1390. The first-order valence-electron chi connectivity index (χ1n) is 12.5. The topological polar surface area (TPSA) is 156 Å². The van der Waals surface area contributed by atoms with E-state index in [0.29, 0.717) is 23.5 Å². The van der Waals surface area contributed by atoms with Crippen LogP contribution in [0.2, 0.25) is 0 Å². The van der Waals surface area contributed by atoms with E-state index in [1.165, 1.54) is 0 Å². The molecule has 3 amide bonds. The van der Waals surface area contributed by atoms with Crippen LogP contribution in [0.4, 0.5) is 32.9 Å². The van der Waals surface area contributed by atoms with Crippen LogP contribution in [0.25, 0.3) is 5.57 Å². The number of anilines is 4. The molecule has 12 heteroatoms. The van der Waals surface area contributed by atoms with Crippen LogP contribution in [0.15, 0.2) is 54.7 Å². The lowest BCUT2D eigenvalue weighted by molar-refractivity contribution is 0.0329. The normalized spacial score (nSPS) is 13.3. The molecular weight excluding hydrogens is 500 g/mol. The molecule has 39 heavy (non-hydrogen) atoms. The van der Waals surface area contributed by atoms with Crippen molar-refractivity contribution in [3.05, 3.63) is 65.9 Å². The maximum atomic E-state index is 12.8. The second-order valence-corrected chi connectivity index (χ2v) is 9.93. The van der Waals surface area contributed by atoms with Crippen LogP contribution < -0.4 is 21.7 Å². The van der Waals surface area contributed by atoms with Gasteiger partial charge in [0.1, 0.15) is 5.60 Å². The smallest absolute Gasteiger partial charge is 0.414 e. The molecule has 1 aliphatic heterocycles. The molecule has 5 N–H and O–H groups in total. The number of rotatable bonds is 5. The van der Waals surface area contributed by atoms with Crippen LogP contribution in [0.5, 0.6) is 0 Å². The van der Waals surface area contributed by atoms with E-state index in [4.69, 9.17) is 10.5 Å². The molecule has 2 aromatic carbocycles. The predicted molar refractivity (Wildman–Crippen MR) is 149 cm³/mol. The first-order chi connectivity index (χ1) is 18.5. The molecule has 3 aromatic rings. The summed E-state index contributed by atoms with van der Waals surface area (Å²) in [5, 5.41) is 12.4. The summed E-state index contributed by atoms with van der Waals surface area (Å²) in [4.78, 5) is 42.6. The van der Waals surface area contributed by atoms with E-state index in [-0.39, 0.29) is 23.9 Å². The van der Waals surface area contributed by atoms with Crippen molar-refractivity contribution in [2.75, 3.05) is 30.0 Å². The van der Waals surface area contributed by atoms with Crippen LogP contribution in [-0.2, 0) is 4.74 Å². The number of carbonyl (C=O) groups excluding carboxylic acids is 3. The lowest BCUT2D eigenvalue weighted by atomic mass is 9.99. The van der Waals surface area contributed by atoms with Crippen LogP contribution >= 0.6 is 0 Å². The second-order valence-electron chi connectivity index (χ2n) is 9.93. The van der Waals surface area contributed by atoms with Crippen molar-refractivity contribution in [1.29, 1.82) is 0 Å². The van der Waals surface area contributed by atoms with Gasteiger partial charge in [0.2, 0.25) is 11.9 Å². The quantitative estimate of drug-likeness (QED) is 0.376. The van der Waals surface area contributed by atoms with Crippen LogP contribution in [0.1, 0.15) is 49.5 Å². The summed E-state index contributed by atoms with van der Waals surface area (Å²) in [7, 11) is 1.56. The van der Waals surface area contributed by atoms with E-state index in [0.717, 1.165) is 28.7 Å². The zero-order valence-corrected chi connectivity index (χ0v) is 22.3. The van der Waals surface area contributed by atoms with E-state index in [1.807, 2.05) is 39.1 Å². The minimum atomic E-state index is -0.580. The fraction of sp³-hybridized carbons (Fsp3) is 0.296. The molecule has 0 fully saturated rings. The third-order valence-electron chi connectivity index (χ3n) is 5.75. The van der Waals surface area contributed by atoms with E-state index in [2.05, 4.69) is 26.0 Å². The Balaban J connectivity index is 1.39. The summed E-state index contributed by atoms with van der Waals surface area (Å²) in [5.74, 6) is -0.163. The van der Waals surface area contributed by atoms with Gasteiger partial charge in [-0.05, 0) is 81.1 Å². The van der Waals surface area contributed by atoms with Gasteiger partial charge >= 0.3 is 12.1 Å². The largest absolute Gasteiger partial charge is 0.443 e. The van der Waals surface area contributed by atoms with Gasteiger partial charge in [-0.3, -0.25) is 9.69 Å². The fourth-order valence-corrected chi connectivity index (χ4v) is 3.89. The van der Waals surface area contributed by atoms with Crippen molar-refractivity contribution < 1.29 is 19.1 Å². The summed E-state index contributed by atoms with van der Waals surface area (Å²) in [6.07, 6.45) is 3.10. The molecule has 0 unspecified atom stereocenters. The summed E-state index contributed by atoms with van der Waals surface area (Å²) >= 11 is 0. The van der Waals surface area contributed by atoms with Crippen molar-refractivity contribution >= 4 is 46.9 Å². The molecule has 0 aliphatic carbocycles. The molecule has 0 spiro atoms. The first-order valence-corrected chi connectivity index (χ1v) is 12.5. The molecule has 0 radical (unpaired) electrons. The van der Waals surface area contributed by atoms with Crippen molar-refractivity contribution in [2.24, 2.45) is 0 Å². The highest BCUT2D eigenvalue weighted by Crippen LogP contribution is 2.27. The third kappa shape index (κ3) is 6.92. The minimum Gasteiger partial charge on any atom is -0.443 e. The van der Waals surface area contributed by atoms with E-state index < -0.39 is 11.6 Å². The molecule has 0 atom stereocenters. The van der Waals surface area contributed by atoms with Gasteiger partial charge in [-0.1, -0.05) is 12.1 Å². The lowest BCUT2D eigenvalue weighted by Gasteiger charge is -2.28. The number of allylic oxidation sites excluding steroid dienone is 1. The number of nitrogens with two attached hydrogens (primary N) is 1. The average molecular weight is 533 g/mol. The number of benzene rings is 2. The number of aromatic nitrogens is 3. The summed E-state index contributed by atoms with van der Waals surface area (Å²) in [5.41, 5.74) is 8.97. The number of nitrogens with zero attached hydrogens (tertiary/aromatic N) is 4. The Hall–Kier alpha value is -4.87. The number of carbonyl (C=O) groups is 3. The Morgan fingerprint density at radius 2 is 1.67 bits per heavy atom. The van der Waals surface area contributed by atoms with Gasteiger partial charge < -0.3 is 26.4 Å². The molecule has 1 aliphatic rings. The van der Waals surface area contributed by atoms with Crippen LogP contribution in [0, 0.1) is 0 Å². The van der Waals surface area contributed by atoms with Crippen molar-refractivity contribution in [2.45, 2.75) is 39.2 Å². The van der Waals surface area contributed by atoms with Gasteiger partial charge in [0.05, 0.1) is 0 Å². The average Bonchev–Trinajstić information content (AvgIpc) is 3.28. The lowest BCUT2D eigenvalue weighted by Crippen LogP contribution is -2.35. The van der Waals surface area contributed by atoms with Gasteiger partial charge in [0, 0.05) is 36.7 Å². The molecule has 2 heterocycles. The highest BCUT2D eigenvalue weighted by Gasteiger charge is 2.23. The van der Waals surface area contributed by atoms with Crippen molar-refractivity contribution in [3.8, 4) is 0 Å². The number of nitrogens with one attached hydrogen (secondary N) is 3. The third-order valence-corrected chi connectivity index (χ3v) is 5.75. The van der Waals surface area contributed by atoms with Gasteiger partial charge in [-0.25, -0.2) is 9.59 Å². The summed E-state index contributed by atoms with van der Waals surface area (Å²) in [6.45, 7) is 6.12. The van der Waals surface area contributed by atoms with Crippen molar-refractivity contribution in [3.63, 3.8) is 0 Å². The van der Waals surface area contributed by atoms with Gasteiger partial charge in [-0.15, -0.1) is 9.78 Å². The molecule has 4 rings (SSSR count). The highest BCUT2D eigenvalue weighted by atomic mass is 16.6. The first kappa shape index (κ1) is 27.2. The minimum absolute atomic E-state index is 0.0943. The Morgan fingerprint density at radius 1 is 1.00 bits per heavy atom. The Labute approximate surface area is 226 Å². The van der Waals surface area contributed by atoms with E-state index in [9.17, 15) is 14.4 Å². The molecule has 1 aromatic heterocycles. The molecular formula is C27H32N8O4. The maximum Gasteiger partial charge on any atom is 0.414 e. The number of hydrogen-bond donors (Lipinski definition) is 4. The number of hydrogen-bond acceptors (Lipinski definition) is 8. The zero-order valence-electron chi connectivity index (χ0n) is 22.3. The Kier molecular flexibility index (Phi) is 7.84. The van der Waals surface area contributed by atoms with Crippen LogP contribution in [0.3, 0.4) is 0 Å². The summed E-state index contributed by atoms with van der Waals surface area (Å²) in [6, 6.07) is 13.4. The molecule has 204 valence electrons.